The van der Waals surface area contributed by atoms with Crippen LogP contribution in [0.2, 0.25) is 0 Å². The molecule has 5 nitrogen and oxygen atoms in total. The number of piperidine rings is 1. The van der Waals surface area contributed by atoms with Gasteiger partial charge in [-0.15, -0.1) is 0 Å². The van der Waals surface area contributed by atoms with Gasteiger partial charge in [-0.2, -0.15) is 0 Å². The first kappa shape index (κ1) is 18.2. The Morgan fingerprint density at radius 2 is 2.00 bits per heavy atom. The first-order valence-corrected chi connectivity index (χ1v) is 8.29. The monoisotopic (exact) mass is 298 g/mol. The summed E-state index contributed by atoms with van der Waals surface area (Å²) in [4.78, 5) is 6.97. The Kier molecular flexibility index (Phi) is 8.69. The van der Waals surface area contributed by atoms with E-state index < -0.39 is 0 Å². The number of methoxy groups -OCH3 is 1. The van der Waals surface area contributed by atoms with E-state index in [1.165, 1.54) is 32.5 Å². The highest BCUT2D eigenvalue weighted by molar-refractivity contribution is 5.78. The number of ether oxygens (including phenoxy) is 1. The van der Waals surface area contributed by atoms with Crippen LogP contribution >= 0.6 is 0 Å². The van der Waals surface area contributed by atoms with Crippen LogP contribution in [0.15, 0.2) is 4.99 Å². The number of unbranched alkanes of at least 4 members (excludes halogenated alkanes) is 1. The largest absolute Gasteiger partial charge is 0.383 e. The second-order valence-electron chi connectivity index (χ2n) is 6.68. The summed E-state index contributed by atoms with van der Waals surface area (Å²) >= 11 is 0. The summed E-state index contributed by atoms with van der Waals surface area (Å²) in [7, 11) is 1.69. The second-order valence-corrected chi connectivity index (χ2v) is 6.68. The molecule has 3 unspecified atom stereocenters. The number of hydrogen-bond donors (Lipinski definition) is 2. The van der Waals surface area contributed by atoms with Crippen molar-refractivity contribution in [3.63, 3.8) is 0 Å². The SMILES string of the molecule is COCC(C)NC(N)=NCCCCN1CC(C)CC(C)C1. The van der Waals surface area contributed by atoms with Crippen molar-refractivity contribution in [2.24, 2.45) is 22.6 Å². The number of nitrogens with two attached hydrogens (primary N) is 1. The molecule has 1 heterocycles. The maximum Gasteiger partial charge on any atom is 0.188 e. The Morgan fingerprint density at radius 3 is 2.62 bits per heavy atom. The van der Waals surface area contributed by atoms with E-state index in [9.17, 15) is 0 Å². The molecule has 1 rings (SSSR count). The number of aliphatic imine (C=N–C) groups is 1. The van der Waals surface area contributed by atoms with E-state index in [1.807, 2.05) is 6.92 Å². The van der Waals surface area contributed by atoms with E-state index in [2.05, 4.69) is 29.1 Å². The van der Waals surface area contributed by atoms with Gasteiger partial charge in [-0.05, 0) is 44.6 Å². The maximum atomic E-state index is 5.84. The Balaban J connectivity index is 2.10. The molecule has 3 N–H and O–H groups in total. The van der Waals surface area contributed by atoms with Crippen LogP contribution in [-0.2, 0) is 4.74 Å². The van der Waals surface area contributed by atoms with Crippen LogP contribution in [0.5, 0.6) is 0 Å². The molecule has 124 valence electrons. The molecule has 1 aliphatic heterocycles. The highest BCUT2D eigenvalue weighted by Crippen LogP contribution is 2.20. The van der Waals surface area contributed by atoms with Crippen molar-refractivity contribution in [1.29, 1.82) is 0 Å². The van der Waals surface area contributed by atoms with Gasteiger partial charge in [0.15, 0.2) is 5.96 Å². The first-order valence-electron chi connectivity index (χ1n) is 8.29. The van der Waals surface area contributed by atoms with Gasteiger partial charge in [0.2, 0.25) is 0 Å². The van der Waals surface area contributed by atoms with Crippen LogP contribution in [0.1, 0.15) is 40.0 Å². The predicted octanol–water partition coefficient (Wildman–Crippen LogP) is 1.68. The fourth-order valence-corrected chi connectivity index (χ4v) is 3.21. The van der Waals surface area contributed by atoms with Gasteiger partial charge in [0.05, 0.1) is 6.61 Å². The minimum atomic E-state index is 0.204. The molecule has 0 aromatic heterocycles. The van der Waals surface area contributed by atoms with E-state index in [-0.39, 0.29) is 6.04 Å². The molecule has 0 saturated carbocycles. The Bertz CT molecular complexity index is 299. The Hall–Kier alpha value is -0.810. The van der Waals surface area contributed by atoms with Gasteiger partial charge in [-0.1, -0.05) is 13.8 Å². The van der Waals surface area contributed by atoms with Crippen molar-refractivity contribution in [3.8, 4) is 0 Å². The van der Waals surface area contributed by atoms with Crippen molar-refractivity contribution >= 4 is 5.96 Å². The van der Waals surface area contributed by atoms with E-state index in [0.29, 0.717) is 12.6 Å². The third kappa shape index (κ3) is 8.27. The molecule has 0 bridgehead atoms. The zero-order valence-corrected chi connectivity index (χ0v) is 14.3. The Morgan fingerprint density at radius 1 is 1.33 bits per heavy atom. The number of rotatable bonds is 8. The molecular weight excluding hydrogens is 264 g/mol. The molecule has 0 radical (unpaired) electrons. The number of nitrogens with one attached hydrogen (secondary N) is 1. The van der Waals surface area contributed by atoms with Crippen molar-refractivity contribution in [2.45, 2.75) is 46.1 Å². The highest BCUT2D eigenvalue weighted by Gasteiger charge is 2.20. The van der Waals surface area contributed by atoms with E-state index >= 15 is 0 Å². The lowest BCUT2D eigenvalue weighted by Crippen LogP contribution is -2.40. The molecule has 3 atom stereocenters. The third-order valence-electron chi connectivity index (χ3n) is 3.92. The molecule has 0 aliphatic carbocycles. The smallest absolute Gasteiger partial charge is 0.188 e. The normalized spacial score (nSPS) is 25.8. The van der Waals surface area contributed by atoms with Crippen LogP contribution in [0.4, 0.5) is 0 Å². The molecular formula is C16H34N4O. The molecule has 0 aromatic rings. The quantitative estimate of drug-likeness (QED) is 0.407. The van der Waals surface area contributed by atoms with Gasteiger partial charge >= 0.3 is 0 Å². The molecule has 0 aromatic carbocycles. The Labute approximate surface area is 130 Å². The summed E-state index contributed by atoms with van der Waals surface area (Å²) in [6.07, 6.45) is 3.67. The predicted molar refractivity (Wildman–Crippen MR) is 89.6 cm³/mol. The van der Waals surface area contributed by atoms with Gasteiger partial charge < -0.3 is 20.7 Å². The van der Waals surface area contributed by atoms with Crippen LogP contribution in [0.3, 0.4) is 0 Å². The van der Waals surface area contributed by atoms with Crippen LogP contribution in [0, 0.1) is 11.8 Å². The molecule has 1 aliphatic rings. The summed E-state index contributed by atoms with van der Waals surface area (Å²) in [5, 5.41) is 3.12. The minimum absolute atomic E-state index is 0.204. The van der Waals surface area contributed by atoms with Gasteiger partial charge in [0, 0.05) is 32.8 Å². The maximum absolute atomic E-state index is 5.84. The molecule has 0 spiro atoms. The lowest BCUT2D eigenvalue weighted by atomic mass is 9.92. The summed E-state index contributed by atoms with van der Waals surface area (Å²) < 4.78 is 5.05. The molecule has 21 heavy (non-hydrogen) atoms. The summed E-state index contributed by atoms with van der Waals surface area (Å²) in [6, 6.07) is 0.204. The topological polar surface area (TPSA) is 62.9 Å². The van der Waals surface area contributed by atoms with E-state index in [1.54, 1.807) is 7.11 Å². The lowest BCUT2D eigenvalue weighted by Gasteiger charge is -2.34. The molecule has 1 fully saturated rings. The van der Waals surface area contributed by atoms with E-state index in [4.69, 9.17) is 10.5 Å². The van der Waals surface area contributed by atoms with E-state index in [0.717, 1.165) is 24.8 Å². The molecule has 5 heteroatoms. The van der Waals surface area contributed by atoms with Crippen LogP contribution < -0.4 is 11.1 Å². The number of nitrogens with zero attached hydrogens (tertiary/aromatic N) is 2. The third-order valence-corrected chi connectivity index (χ3v) is 3.92. The second kappa shape index (κ2) is 10.0. The number of guanidine groups is 1. The zero-order chi connectivity index (χ0) is 15.7. The van der Waals surface area contributed by atoms with Crippen LogP contribution in [0.25, 0.3) is 0 Å². The molecule has 1 saturated heterocycles. The minimum Gasteiger partial charge on any atom is -0.383 e. The van der Waals surface area contributed by atoms with Crippen molar-refractivity contribution in [2.75, 3.05) is 39.9 Å². The average molecular weight is 298 g/mol. The molecule has 0 amide bonds. The van der Waals surface area contributed by atoms with Crippen molar-refractivity contribution < 1.29 is 4.74 Å². The fourth-order valence-electron chi connectivity index (χ4n) is 3.21. The zero-order valence-electron chi connectivity index (χ0n) is 14.3. The fraction of sp³-hybridized carbons (Fsp3) is 0.938. The van der Waals surface area contributed by atoms with Crippen molar-refractivity contribution in [1.82, 2.24) is 10.2 Å². The van der Waals surface area contributed by atoms with Gasteiger partial charge in [0.25, 0.3) is 0 Å². The highest BCUT2D eigenvalue weighted by atomic mass is 16.5. The summed E-state index contributed by atoms with van der Waals surface area (Å²) in [5.74, 6) is 2.21. The van der Waals surface area contributed by atoms with Gasteiger partial charge in [-0.3, -0.25) is 4.99 Å². The number of likely N-dealkylation sites (tertiary alicyclic amines) is 1. The standard InChI is InChI=1S/C16H34N4O/c1-13-9-14(2)11-20(10-13)8-6-5-7-18-16(17)19-15(3)12-21-4/h13-15H,5-12H2,1-4H3,(H3,17,18,19). The van der Waals surface area contributed by atoms with Gasteiger partial charge in [0.1, 0.15) is 0 Å². The summed E-state index contributed by atoms with van der Waals surface area (Å²) in [6.45, 7) is 11.9. The van der Waals surface area contributed by atoms with Crippen molar-refractivity contribution in [3.05, 3.63) is 0 Å². The first-order chi connectivity index (χ1) is 10.0. The number of hydrogen-bond acceptors (Lipinski definition) is 3. The average Bonchev–Trinajstić information content (AvgIpc) is 2.37. The summed E-state index contributed by atoms with van der Waals surface area (Å²) in [5.41, 5.74) is 5.84. The van der Waals surface area contributed by atoms with Gasteiger partial charge in [-0.25, -0.2) is 0 Å². The lowest BCUT2D eigenvalue weighted by molar-refractivity contribution is 0.139. The van der Waals surface area contributed by atoms with Crippen LogP contribution in [-0.4, -0.2) is 56.8 Å².